The summed E-state index contributed by atoms with van der Waals surface area (Å²) in [6, 6.07) is 8.00. The summed E-state index contributed by atoms with van der Waals surface area (Å²) in [5, 5.41) is 0.240. The molecule has 0 bridgehead atoms. The van der Waals surface area contributed by atoms with E-state index in [1.54, 1.807) is 6.92 Å². The summed E-state index contributed by atoms with van der Waals surface area (Å²) in [6.45, 7) is 1.61. The molecule has 0 atom stereocenters. The Kier molecular flexibility index (Phi) is 4.11. The quantitative estimate of drug-likeness (QED) is 0.880. The molecular weight excluding hydrogens is 315 g/mol. The van der Waals surface area contributed by atoms with Crippen molar-refractivity contribution in [2.45, 2.75) is 11.8 Å². The van der Waals surface area contributed by atoms with Crippen LogP contribution in [0, 0.1) is 12.7 Å². The van der Waals surface area contributed by atoms with Gasteiger partial charge in [-0.3, -0.25) is 4.31 Å². The number of nitrogens with two attached hydrogens (primary N) is 1. The summed E-state index contributed by atoms with van der Waals surface area (Å²) in [6.07, 6.45) is 0. The van der Waals surface area contributed by atoms with Crippen LogP contribution in [0.2, 0.25) is 5.02 Å². The van der Waals surface area contributed by atoms with E-state index in [1.807, 2.05) is 0 Å². The Hall–Kier alpha value is -1.79. The third kappa shape index (κ3) is 2.96. The lowest BCUT2D eigenvalue weighted by atomic mass is 10.2. The van der Waals surface area contributed by atoms with E-state index in [4.69, 9.17) is 17.3 Å². The lowest BCUT2D eigenvalue weighted by Crippen LogP contribution is -2.27. The van der Waals surface area contributed by atoms with Gasteiger partial charge >= 0.3 is 0 Å². The van der Waals surface area contributed by atoms with Gasteiger partial charge in [-0.1, -0.05) is 11.6 Å². The first-order valence-electron chi connectivity index (χ1n) is 6.03. The highest BCUT2D eigenvalue weighted by atomic mass is 35.5. The van der Waals surface area contributed by atoms with Crippen molar-refractivity contribution in [1.82, 2.24) is 0 Å². The number of anilines is 2. The summed E-state index contributed by atoms with van der Waals surface area (Å²) in [5.41, 5.74) is 6.83. The Morgan fingerprint density at radius 3 is 2.33 bits per heavy atom. The highest BCUT2D eigenvalue weighted by Gasteiger charge is 2.24. The number of nitrogens with zero attached hydrogens (tertiary/aromatic N) is 1. The van der Waals surface area contributed by atoms with Gasteiger partial charge in [0.05, 0.1) is 10.6 Å². The van der Waals surface area contributed by atoms with Gasteiger partial charge < -0.3 is 5.73 Å². The summed E-state index contributed by atoms with van der Waals surface area (Å²) in [4.78, 5) is 0.0272. The van der Waals surface area contributed by atoms with Crippen LogP contribution in [-0.4, -0.2) is 15.5 Å². The van der Waals surface area contributed by atoms with Crippen molar-refractivity contribution in [3.05, 3.63) is 52.8 Å². The third-order valence-corrected chi connectivity index (χ3v) is 5.32. The molecule has 0 aliphatic carbocycles. The molecule has 0 saturated carbocycles. The molecule has 0 fully saturated rings. The Morgan fingerprint density at radius 1 is 1.19 bits per heavy atom. The fourth-order valence-electron chi connectivity index (χ4n) is 1.88. The van der Waals surface area contributed by atoms with Gasteiger partial charge in [0, 0.05) is 17.8 Å². The molecule has 21 heavy (non-hydrogen) atoms. The molecule has 2 N–H and O–H groups in total. The lowest BCUT2D eigenvalue weighted by molar-refractivity contribution is 0.593. The van der Waals surface area contributed by atoms with Crippen LogP contribution in [-0.2, 0) is 10.0 Å². The highest BCUT2D eigenvalue weighted by Crippen LogP contribution is 2.30. The zero-order valence-corrected chi connectivity index (χ0v) is 13.0. The van der Waals surface area contributed by atoms with Crippen molar-refractivity contribution in [2.24, 2.45) is 0 Å². The molecule has 0 unspecified atom stereocenters. The van der Waals surface area contributed by atoms with Crippen molar-refractivity contribution in [2.75, 3.05) is 17.1 Å². The number of hydrogen-bond donors (Lipinski definition) is 1. The van der Waals surface area contributed by atoms with Crippen molar-refractivity contribution in [1.29, 1.82) is 0 Å². The number of nitrogen functional groups attached to an aromatic ring is 1. The van der Waals surface area contributed by atoms with Crippen LogP contribution >= 0.6 is 11.6 Å². The van der Waals surface area contributed by atoms with E-state index in [0.29, 0.717) is 16.9 Å². The topological polar surface area (TPSA) is 63.4 Å². The van der Waals surface area contributed by atoms with E-state index in [0.717, 1.165) is 4.31 Å². The maximum atomic E-state index is 12.9. The minimum Gasteiger partial charge on any atom is -0.398 e. The van der Waals surface area contributed by atoms with E-state index in [2.05, 4.69) is 0 Å². The van der Waals surface area contributed by atoms with E-state index in [9.17, 15) is 12.8 Å². The first-order valence-corrected chi connectivity index (χ1v) is 7.85. The second-order valence-electron chi connectivity index (χ2n) is 4.57. The average molecular weight is 329 g/mol. The van der Waals surface area contributed by atoms with Gasteiger partial charge in [-0.25, -0.2) is 12.8 Å². The monoisotopic (exact) mass is 328 g/mol. The SMILES string of the molecule is Cc1c(N)cc(Cl)cc1S(=O)(=O)N(C)c1ccc(F)cc1. The average Bonchev–Trinajstić information content (AvgIpc) is 2.42. The zero-order valence-electron chi connectivity index (χ0n) is 11.5. The van der Waals surface area contributed by atoms with Gasteiger partial charge in [-0.15, -0.1) is 0 Å². The maximum absolute atomic E-state index is 12.9. The summed E-state index contributed by atoms with van der Waals surface area (Å²) in [5.74, 6) is -0.437. The standard InChI is InChI=1S/C14H14ClFN2O2S/c1-9-13(17)7-10(15)8-14(9)21(19,20)18(2)12-5-3-11(16)4-6-12/h3-8H,17H2,1-2H3. The molecule has 4 nitrogen and oxygen atoms in total. The third-order valence-electron chi connectivity index (χ3n) is 3.19. The van der Waals surface area contributed by atoms with Gasteiger partial charge in [-0.05, 0) is 48.9 Å². The first kappa shape index (κ1) is 15.6. The lowest BCUT2D eigenvalue weighted by Gasteiger charge is -2.21. The van der Waals surface area contributed by atoms with E-state index in [1.165, 1.54) is 43.4 Å². The van der Waals surface area contributed by atoms with Crippen LogP contribution < -0.4 is 10.0 Å². The molecule has 2 rings (SSSR count). The minimum absolute atomic E-state index is 0.0272. The van der Waals surface area contributed by atoms with Crippen LogP contribution in [0.1, 0.15) is 5.56 Å². The van der Waals surface area contributed by atoms with Crippen molar-refractivity contribution >= 4 is 33.0 Å². The summed E-state index contributed by atoms with van der Waals surface area (Å²) < 4.78 is 39.3. The Bertz CT molecular complexity index is 776. The number of halogens is 2. The number of rotatable bonds is 3. The Labute approximate surface area is 128 Å². The molecule has 0 aliphatic heterocycles. The second kappa shape index (κ2) is 5.54. The van der Waals surface area contributed by atoms with Crippen LogP contribution in [0.25, 0.3) is 0 Å². The molecule has 112 valence electrons. The predicted molar refractivity (Wildman–Crippen MR) is 82.6 cm³/mol. The Morgan fingerprint density at radius 2 is 1.76 bits per heavy atom. The minimum atomic E-state index is -3.83. The highest BCUT2D eigenvalue weighted by molar-refractivity contribution is 7.92. The largest absolute Gasteiger partial charge is 0.398 e. The molecule has 0 heterocycles. The molecule has 0 spiro atoms. The molecule has 2 aromatic rings. The number of sulfonamides is 1. The van der Waals surface area contributed by atoms with Crippen molar-refractivity contribution in [3.63, 3.8) is 0 Å². The molecule has 2 aromatic carbocycles. The molecule has 0 aliphatic rings. The number of benzene rings is 2. The van der Waals surface area contributed by atoms with Gasteiger partial charge in [0.2, 0.25) is 0 Å². The molecule has 0 aromatic heterocycles. The second-order valence-corrected chi connectivity index (χ2v) is 6.94. The van der Waals surface area contributed by atoms with Crippen LogP contribution in [0.15, 0.2) is 41.3 Å². The van der Waals surface area contributed by atoms with E-state index >= 15 is 0 Å². The molecule has 0 radical (unpaired) electrons. The number of hydrogen-bond acceptors (Lipinski definition) is 3. The smallest absolute Gasteiger partial charge is 0.264 e. The fourth-order valence-corrected chi connectivity index (χ4v) is 3.65. The predicted octanol–water partition coefficient (Wildman–Crippen LogP) is 3.19. The molecule has 0 amide bonds. The molecule has 7 heteroatoms. The van der Waals surface area contributed by atoms with Crippen LogP contribution in [0.5, 0.6) is 0 Å². The van der Waals surface area contributed by atoms with Crippen molar-refractivity contribution < 1.29 is 12.8 Å². The normalized spacial score (nSPS) is 11.4. The van der Waals surface area contributed by atoms with Gasteiger partial charge in [0.15, 0.2) is 0 Å². The van der Waals surface area contributed by atoms with E-state index < -0.39 is 15.8 Å². The van der Waals surface area contributed by atoms with Crippen LogP contribution in [0.4, 0.5) is 15.8 Å². The molecule has 0 saturated heterocycles. The maximum Gasteiger partial charge on any atom is 0.264 e. The van der Waals surface area contributed by atoms with Gasteiger partial charge in [0.1, 0.15) is 5.82 Å². The van der Waals surface area contributed by atoms with Gasteiger partial charge in [-0.2, -0.15) is 0 Å². The fraction of sp³-hybridized carbons (Fsp3) is 0.143. The van der Waals surface area contributed by atoms with Gasteiger partial charge in [0.25, 0.3) is 10.0 Å². The van der Waals surface area contributed by atoms with Crippen LogP contribution in [0.3, 0.4) is 0 Å². The van der Waals surface area contributed by atoms with Crippen molar-refractivity contribution in [3.8, 4) is 0 Å². The molecular formula is C14H14ClFN2O2S. The summed E-state index contributed by atoms with van der Waals surface area (Å²) >= 11 is 5.89. The zero-order chi connectivity index (χ0) is 15.8. The summed E-state index contributed by atoms with van der Waals surface area (Å²) in [7, 11) is -2.45. The first-order chi connectivity index (χ1) is 9.73. The Balaban J connectivity index is 2.54. The van der Waals surface area contributed by atoms with E-state index in [-0.39, 0.29) is 9.92 Å².